The number of aromatic carboxylic acids is 1. The largest absolute Gasteiger partial charge is 0.476 e. The Labute approximate surface area is 104 Å². The molecule has 1 aliphatic rings. The van der Waals surface area contributed by atoms with Gasteiger partial charge in [0.2, 0.25) is 0 Å². The zero-order valence-electron chi connectivity index (χ0n) is 9.54. The number of sulfone groups is 1. The first kappa shape index (κ1) is 12.7. The quantitative estimate of drug-likeness (QED) is 0.794. The molecule has 0 radical (unpaired) electrons. The summed E-state index contributed by atoms with van der Waals surface area (Å²) in [7, 11) is -2.87. The number of carboxylic acids is 1. The Balaban J connectivity index is 1.89. The van der Waals surface area contributed by atoms with Crippen molar-refractivity contribution in [3.63, 3.8) is 0 Å². The molecule has 1 atom stereocenters. The van der Waals surface area contributed by atoms with Gasteiger partial charge in [0.15, 0.2) is 15.5 Å². The summed E-state index contributed by atoms with van der Waals surface area (Å²) in [6, 6.07) is 2.86. The monoisotopic (exact) mass is 271 g/mol. The van der Waals surface area contributed by atoms with E-state index >= 15 is 0 Å². The van der Waals surface area contributed by atoms with Gasteiger partial charge in [0, 0.05) is 6.54 Å². The SMILES string of the molecule is O=C(O)c1ccc(NCC2CCS(=O)(=O)C2)nn1. The van der Waals surface area contributed by atoms with Gasteiger partial charge in [-0.2, -0.15) is 0 Å². The maximum absolute atomic E-state index is 11.3. The van der Waals surface area contributed by atoms with E-state index in [9.17, 15) is 13.2 Å². The van der Waals surface area contributed by atoms with Crippen LogP contribution in [0.15, 0.2) is 12.1 Å². The highest BCUT2D eigenvalue weighted by Gasteiger charge is 2.27. The predicted molar refractivity (Wildman–Crippen MR) is 64.2 cm³/mol. The molecule has 1 unspecified atom stereocenters. The topological polar surface area (TPSA) is 109 Å². The first-order valence-corrected chi connectivity index (χ1v) is 7.30. The highest BCUT2D eigenvalue weighted by molar-refractivity contribution is 7.91. The summed E-state index contributed by atoms with van der Waals surface area (Å²) >= 11 is 0. The van der Waals surface area contributed by atoms with Crippen LogP contribution < -0.4 is 5.32 Å². The van der Waals surface area contributed by atoms with Gasteiger partial charge in [0.1, 0.15) is 5.82 Å². The number of carboxylic acid groups (broad SMARTS) is 1. The molecule has 98 valence electrons. The standard InChI is InChI=1S/C10H13N3O4S/c14-10(15)8-1-2-9(13-12-8)11-5-7-3-4-18(16,17)6-7/h1-2,7H,3-6H2,(H,11,13)(H,14,15). The maximum Gasteiger partial charge on any atom is 0.356 e. The summed E-state index contributed by atoms with van der Waals surface area (Å²) in [4.78, 5) is 10.6. The number of anilines is 1. The number of aromatic nitrogens is 2. The number of rotatable bonds is 4. The van der Waals surface area contributed by atoms with Crippen LogP contribution in [0.5, 0.6) is 0 Å². The number of nitrogens with one attached hydrogen (secondary N) is 1. The van der Waals surface area contributed by atoms with Crippen LogP contribution in [-0.4, -0.2) is 47.7 Å². The van der Waals surface area contributed by atoms with E-state index < -0.39 is 15.8 Å². The third-order valence-electron chi connectivity index (χ3n) is 2.78. The number of hydrogen-bond donors (Lipinski definition) is 2. The second kappa shape index (κ2) is 4.89. The lowest BCUT2D eigenvalue weighted by Crippen LogP contribution is -2.16. The molecular formula is C10H13N3O4S. The summed E-state index contributed by atoms with van der Waals surface area (Å²) in [6.07, 6.45) is 0.649. The normalized spacial score (nSPS) is 21.7. The highest BCUT2D eigenvalue weighted by atomic mass is 32.2. The maximum atomic E-state index is 11.3. The average Bonchev–Trinajstić information content (AvgIpc) is 2.67. The molecular weight excluding hydrogens is 258 g/mol. The van der Waals surface area contributed by atoms with Crippen LogP contribution in [0.25, 0.3) is 0 Å². The van der Waals surface area contributed by atoms with Crippen molar-refractivity contribution in [3.8, 4) is 0 Å². The summed E-state index contributed by atoms with van der Waals surface area (Å²) in [5.41, 5.74) is -0.121. The number of nitrogens with zero attached hydrogens (tertiary/aromatic N) is 2. The predicted octanol–water partition coefficient (Wildman–Crippen LogP) is 0.0214. The van der Waals surface area contributed by atoms with Crippen molar-refractivity contribution in [2.45, 2.75) is 6.42 Å². The van der Waals surface area contributed by atoms with Crippen LogP contribution >= 0.6 is 0 Å². The highest BCUT2D eigenvalue weighted by Crippen LogP contribution is 2.18. The van der Waals surface area contributed by atoms with Gasteiger partial charge >= 0.3 is 5.97 Å². The fourth-order valence-corrected chi connectivity index (χ4v) is 3.68. The molecule has 1 saturated heterocycles. The van der Waals surface area contributed by atoms with E-state index in [0.717, 1.165) is 0 Å². The smallest absolute Gasteiger partial charge is 0.356 e. The van der Waals surface area contributed by atoms with Crippen molar-refractivity contribution in [1.29, 1.82) is 0 Å². The summed E-state index contributed by atoms with van der Waals surface area (Å²) < 4.78 is 22.5. The molecule has 0 bridgehead atoms. The van der Waals surface area contributed by atoms with E-state index in [0.29, 0.717) is 18.8 Å². The van der Waals surface area contributed by atoms with Gasteiger partial charge in [-0.05, 0) is 24.5 Å². The van der Waals surface area contributed by atoms with Crippen molar-refractivity contribution in [1.82, 2.24) is 10.2 Å². The molecule has 2 N–H and O–H groups in total. The molecule has 1 aliphatic heterocycles. The Bertz CT molecular complexity index is 541. The molecule has 0 spiro atoms. The van der Waals surface area contributed by atoms with Gasteiger partial charge in [0.25, 0.3) is 0 Å². The van der Waals surface area contributed by atoms with Crippen LogP contribution in [0.4, 0.5) is 5.82 Å². The van der Waals surface area contributed by atoms with Crippen LogP contribution in [-0.2, 0) is 9.84 Å². The molecule has 1 aromatic rings. The Morgan fingerprint density at radius 2 is 2.22 bits per heavy atom. The van der Waals surface area contributed by atoms with E-state index in [1.807, 2.05) is 0 Å². The number of hydrogen-bond acceptors (Lipinski definition) is 6. The van der Waals surface area contributed by atoms with Crippen molar-refractivity contribution in [2.75, 3.05) is 23.4 Å². The molecule has 18 heavy (non-hydrogen) atoms. The lowest BCUT2D eigenvalue weighted by Gasteiger charge is -2.09. The summed E-state index contributed by atoms with van der Waals surface area (Å²) in [5.74, 6) is -0.167. The van der Waals surface area contributed by atoms with Crippen LogP contribution in [0.2, 0.25) is 0 Å². The molecule has 1 aromatic heterocycles. The lowest BCUT2D eigenvalue weighted by atomic mass is 10.1. The second-order valence-electron chi connectivity index (χ2n) is 4.26. The van der Waals surface area contributed by atoms with Crippen molar-refractivity contribution in [2.24, 2.45) is 5.92 Å². The number of carbonyl (C=O) groups is 1. The van der Waals surface area contributed by atoms with Gasteiger partial charge in [0.05, 0.1) is 11.5 Å². The van der Waals surface area contributed by atoms with Crippen molar-refractivity contribution < 1.29 is 18.3 Å². The fraction of sp³-hybridized carbons (Fsp3) is 0.500. The van der Waals surface area contributed by atoms with Gasteiger partial charge in [-0.3, -0.25) is 0 Å². The van der Waals surface area contributed by atoms with Gasteiger partial charge < -0.3 is 10.4 Å². The molecule has 7 nitrogen and oxygen atoms in total. The van der Waals surface area contributed by atoms with Crippen molar-refractivity contribution in [3.05, 3.63) is 17.8 Å². The first-order valence-electron chi connectivity index (χ1n) is 5.47. The van der Waals surface area contributed by atoms with Gasteiger partial charge in [-0.15, -0.1) is 10.2 Å². The summed E-state index contributed by atoms with van der Waals surface area (Å²) in [5, 5.41) is 18.8. The van der Waals surface area contributed by atoms with Crippen LogP contribution in [0, 0.1) is 5.92 Å². The average molecular weight is 271 g/mol. The molecule has 0 saturated carbocycles. The molecule has 0 aromatic carbocycles. The minimum absolute atomic E-state index is 0.0796. The Morgan fingerprint density at radius 3 is 2.72 bits per heavy atom. The minimum Gasteiger partial charge on any atom is -0.476 e. The first-order chi connectivity index (χ1) is 8.46. The molecule has 2 rings (SSSR count). The van der Waals surface area contributed by atoms with Crippen LogP contribution in [0.1, 0.15) is 16.9 Å². The van der Waals surface area contributed by atoms with Gasteiger partial charge in [-0.1, -0.05) is 0 Å². The molecule has 0 aliphatic carbocycles. The fourth-order valence-electron chi connectivity index (χ4n) is 1.82. The molecule has 2 heterocycles. The van der Waals surface area contributed by atoms with Crippen molar-refractivity contribution >= 4 is 21.6 Å². The van der Waals surface area contributed by atoms with E-state index in [-0.39, 0.29) is 23.1 Å². The zero-order valence-corrected chi connectivity index (χ0v) is 10.4. The van der Waals surface area contributed by atoms with E-state index in [4.69, 9.17) is 5.11 Å². The van der Waals surface area contributed by atoms with E-state index in [2.05, 4.69) is 15.5 Å². The molecule has 0 amide bonds. The zero-order chi connectivity index (χ0) is 13.2. The Hall–Kier alpha value is -1.70. The minimum atomic E-state index is -2.87. The molecule has 1 fully saturated rings. The Morgan fingerprint density at radius 1 is 1.44 bits per heavy atom. The summed E-state index contributed by atoms with van der Waals surface area (Å²) in [6.45, 7) is 0.500. The lowest BCUT2D eigenvalue weighted by molar-refractivity contribution is 0.0689. The van der Waals surface area contributed by atoms with E-state index in [1.54, 1.807) is 0 Å². The van der Waals surface area contributed by atoms with Crippen LogP contribution in [0.3, 0.4) is 0 Å². The molecule has 8 heteroatoms. The Kier molecular flexibility index (Phi) is 3.46. The van der Waals surface area contributed by atoms with E-state index in [1.165, 1.54) is 12.1 Å². The second-order valence-corrected chi connectivity index (χ2v) is 6.49. The third kappa shape index (κ3) is 3.16. The third-order valence-corrected chi connectivity index (χ3v) is 4.62. The van der Waals surface area contributed by atoms with Gasteiger partial charge in [-0.25, -0.2) is 13.2 Å².